The summed E-state index contributed by atoms with van der Waals surface area (Å²) in [5.41, 5.74) is 6.40. The number of amides is 1. The fraction of sp³-hybridized carbons (Fsp3) is 0.667. The Morgan fingerprint density at radius 1 is 0.885 bits per heavy atom. The van der Waals surface area contributed by atoms with Crippen LogP contribution in [0.25, 0.3) is 0 Å². The summed E-state index contributed by atoms with van der Waals surface area (Å²) in [6.07, 6.45) is 4.63. The first-order valence-corrected chi connectivity index (χ1v) is 8.99. The van der Waals surface area contributed by atoms with Crippen LogP contribution in [0.3, 0.4) is 0 Å². The molecule has 8 heteroatoms. The summed E-state index contributed by atoms with van der Waals surface area (Å²) in [6, 6.07) is 3.83. The van der Waals surface area contributed by atoms with Crippen LogP contribution in [0.5, 0.6) is 0 Å². The maximum absolute atomic E-state index is 11.7. The van der Waals surface area contributed by atoms with E-state index in [-0.39, 0.29) is 5.91 Å². The van der Waals surface area contributed by atoms with Gasteiger partial charge in [0.1, 0.15) is 0 Å². The summed E-state index contributed by atoms with van der Waals surface area (Å²) in [7, 11) is 0. The van der Waals surface area contributed by atoms with E-state index in [1.54, 1.807) is 12.4 Å². The summed E-state index contributed by atoms with van der Waals surface area (Å²) in [4.78, 5) is 15.6. The second-order valence-corrected chi connectivity index (χ2v) is 5.44. The molecule has 0 unspecified atom stereocenters. The fourth-order valence-electron chi connectivity index (χ4n) is 2.00. The van der Waals surface area contributed by atoms with Crippen LogP contribution in [0.4, 0.5) is 0 Å². The third kappa shape index (κ3) is 13.7. The molecule has 0 aliphatic rings. The highest BCUT2D eigenvalue weighted by Crippen LogP contribution is 2.00. The number of rotatable bonds is 17. The molecule has 148 valence electrons. The Kier molecular flexibility index (Phi) is 14.6. The number of pyridine rings is 1. The number of carbonyl (C=O) groups excluding carboxylic acids is 1. The molecule has 0 atom stereocenters. The molecule has 3 N–H and O–H groups in total. The van der Waals surface area contributed by atoms with Gasteiger partial charge in [-0.3, -0.25) is 9.78 Å². The molecule has 1 amide bonds. The van der Waals surface area contributed by atoms with E-state index < -0.39 is 0 Å². The average Bonchev–Trinajstić information content (AvgIpc) is 2.67. The fourth-order valence-corrected chi connectivity index (χ4v) is 2.00. The Bertz CT molecular complexity index is 448. The topological polar surface area (TPSA) is 105 Å². The van der Waals surface area contributed by atoms with Crippen LogP contribution in [0.2, 0.25) is 0 Å². The largest absolute Gasteiger partial charge is 0.378 e. The van der Waals surface area contributed by atoms with Gasteiger partial charge in [-0.25, -0.2) is 0 Å². The number of aromatic nitrogens is 1. The minimum Gasteiger partial charge on any atom is -0.378 e. The van der Waals surface area contributed by atoms with E-state index in [1.807, 2.05) is 12.1 Å². The van der Waals surface area contributed by atoms with Crippen molar-refractivity contribution in [1.82, 2.24) is 10.3 Å². The third-order valence-corrected chi connectivity index (χ3v) is 3.34. The van der Waals surface area contributed by atoms with Gasteiger partial charge >= 0.3 is 0 Å². The van der Waals surface area contributed by atoms with Crippen LogP contribution in [-0.2, 0) is 30.2 Å². The summed E-state index contributed by atoms with van der Waals surface area (Å²) in [6.45, 7) is 5.19. The number of hydrogen-bond acceptors (Lipinski definition) is 7. The Balaban J connectivity index is 1.78. The number of hydrogen-bond donors (Lipinski definition) is 2. The van der Waals surface area contributed by atoms with Gasteiger partial charge in [0.25, 0.3) is 0 Å². The Hall–Kier alpha value is -1.58. The lowest BCUT2D eigenvalue weighted by Gasteiger charge is -2.08. The Morgan fingerprint density at radius 3 is 2.00 bits per heavy atom. The van der Waals surface area contributed by atoms with Gasteiger partial charge in [-0.05, 0) is 24.1 Å². The van der Waals surface area contributed by atoms with E-state index in [9.17, 15) is 4.79 Å². The van der Waals surface area contributed by atoms with E-state index in [1.165, 1.54) is 0 Å². The molecule has 0 saturated carbocycles. The Morgan fingerprint density at radius 2 is 1.42 bits per heavy atom. The first-order valence-electron chi connectivity index (χ1n) is 8.99. The molecular weight excluding hydrogens is 338 g/mol. The summed E-state index contributed by atoms with van der Waals surface area (Å²) in [5.74, 6) is 0.0225. The van der Waals surface area contributed by atoms with Crippen LogP contribution in [0.1, 0.15) is 12.0 Å². The maximum Gasteiger partial charge on any atom is 0.220 e. The van der Waals surface area contributed by atoms with Gasteiger partial charge < -0.3 is 30.0 Å². The van der Waals surface area contributed by atoms with Crippen LogP contribution < -0.4 is 11.1 Å². The lowest BCUT2D eigenvalue weighted by molar-refractivity contribution is -0.121. The SMILES string of the molecule is NCCOCCOCCOCCOCCNC(=O)CCc1ccncc1. The number of carbonyl (C=O) groups is 1. The van der Waals surface area contributed by atoms with Crippen molar-refractivity contribution < 1.29 is 23.7 Å². The molecule has 0 spiro atoms. The van der Waals surface area contributed by atoms with Gasteiger partial charge in [-0.2, -0.15) is 0 Å². The van der Waals surface area contributed by atoms with E-state index in [4.69, 9.17) is 24.7 Å². The zero-order valence-electron chi connectivity index (χ0n) is 15.4. The summed E-state index contributed by atoms with van der Waals surface area (Å²) >= 11 is 0. The standard InChI is InChI=1S/C18H31N3O5/c19-5-9-23-11-13-25-15-16-26-14-12-24-10-8-21-18(22)2-1-17-3-6-20-7-4-17/h3-4,6-7H,1-2,5,8-16,19H2,(H,21,22). The van der Waals surface area contributed by atoms with E-state index in [0.29, 0.717) is 78.8 Å². The van der Waals surface area contributed by atoms with E-state index >= 15 is 0 Å². The van der Waals surface area contributed by atoms with E-state index in [0.717, 1.165) is 5.56 Å². The van der Waals surface area contributed by atoms with Gasteiger partial charge in [0.2, 0.25) is 5.91 Å². The van der Waals surface area contributed by atoms with Crippen molar-refractivity contribution in [2.75, 3.05) is 65.9 Å². The van der Waals surface area contributed by atoms with Crippen molar-refractivity contribution >= 4 is 5.91 Å². The molecule has 0 fully saturated rings. The molecule has 8 nitrogen and oxygen atoms in total. The molecule has 1 aromatic heterocycles. The number of nitrogens with zero attached hydrogens (tertiary/aromatic N) is 1. The lowest BCUT2D eigenvalue weighted by Crippen LogP contribution is -2.27. The quantitative estimate of drug-likeness (QED) is 0.377. The summed E-state index contributed by atoms with van der Waals surface area (Å²) in [5, 5.41) is 2.83. The zero-order valence-corrected chi connectivity index (χ0v) is 15.4. The van der Waals surface area contributed by atoms with Crippen LogP contribution in [0.15, 0.2) is 24.5 Å². The smallest absolute Gasteiger partial charge is 0.220 e. The van der Waals surface area contributed by atoms with Gasteiger partial charge in [0.15, 0.2) is 0 Å². The molecule has 0 radical (unpaired) electrons. The molecule has 0 bridgehead atoms. The highest BCUT2D eigenvalue weighted by atomic mass is 16.6. The molecular formula is C18H31N3O5. The number of ether oxygens (including phenoxy) is 4. The minimum absolute atomic E-state index is 0.0225. The second kappa shape index (κ2) is 16.9. The molecule has 1 aromatic rings. The van der Waals surface area contributed by atoms with Crippen molar-refractivity contribution in [2.24, 2.45) is 5.73 Å². The predicted octanol–water partition coefficient (Wildman–Crippen LogP) is 0.156. The van der Waals surface area contributed by atoms with Gasteiger partial charge in [-0.15, -0.1) is 0 Å². The zero-order chi connectivity index (χ0) is 18.7. The van der Waals surface area contributed by atoms with Gasteiger partial charge in [0.05, 0.1) is 52.9 Å². The molecule has 0 aromatic carbocycles. The highest BCUT2D eigenvalue weighted by Gasteiger charge is 2.01. The predicted molar refractivity (Wildman–Crippen MR) is 97.9 cm³/mol. The second-order valence-electron chi connectivity index (χ2n) is 5.44. The minimum atomic E-state index is 0.0225. The normalized spacial score (nSPS) is 10.8. The van der Waals surface area contributed by atoms with Crippen molar-refractivity contribution in [3.05, 3.63) is 30.1 Å². The van der Waals surface area contributed by atoms with Gasteiger partial charge in [-0.1, -0.05) is 0 Å². The first kappa shape index (κ1) is 22.5. The van der Waals surface area contributed by atoms with Crippen LogP contribution in [0, 0.1) is 0 Å². The molecule has 1 heterocycles. The third-order valence-electron chi connectivity index (χ3n) is 3.34. The number of aryl methyl sites for hydroxylation is 1. The highest BCUT2D eigenvalue weighted by molar-refractivity contribution is 5.76. The van der Waals surface area contributed by atoms with Crippen LogP contribution >= 0.6 is 0 Å². The lowest BCUT2D eigenvalue weighted by atomic mass is 10.1. The first-order chi connectivity index (χ1) is 12.8. The number of nitrogens with two attached hydrogens (primary N) is 1. The maximum atomic E-state index is 11.7. The molecule has 0 saturated heterocycles. The van der Waals surface area contributed by atoms with Crippen molar-refractivity contribution in [3.8, 4) is 0 Å². The molecule has 0 aliphatic heterocycles. The van der Waals surface area contributed by atoms with Crippen molar-refractivity contribution in [3.63, 3.8) is 0 Å². The monoisotopic (exact) mass is 369 g/mol. The molecule has 26 heavy (non-hydrogen) atoms. The number of nitrogens with one attached hydrogen (secondary N) is 1. The average molecular weight is 369 g/mol. The summed E-state index contributed by atoms with van der Waals surface area (Å²) < 4.78 is 21.3. The molecule has 1 rings (SSSR count). The van der Waals surface area contributed by atoms with Crippen LogP contribution in [-0.4, -0.2) is 76.8 Å². The Labute approximate surface area is 155 Å². The van der Waals surface area contributed by atoms with Crippen molar-refractivity contribution in [2.45, 2.75) is 12.8 Å². The van der Waals surface area contributed by atoms with E-state index in [2.05, 4.69) is 10.3 Å². The van der Waals surface area contributed by atoms with Crippen molar-refractivity contribution in [1.29, 1.82) is 0 Å². The molecule has 0 aliphatic carbocycles. The van der Waals surface area contributed by atoms with Gasteiger partial charge in [0, 0.05) is 31.9 Å².